The summed E-state index contributed by atoms with van der Waals surface area (Å²) < 4.78 is 0. The van der Waals surface area contributed by atoms with E-state index in [1.165, 1.54) is 24.8 Å². The molecule has 0 aromatic rings. The Bertz CT molecular complexity index is 622. The summed E-state index contributed by atoms with van der Waals surface area (Å²) in [5.74, 6) is -0.0521. The molecule has 1 aliphatic carbocycles. The summed E-state index contributed by atoms with van der Waals surface area (Å²) in [6.07, 6.45) is 11.3. The number of urea groups is 1. The molecule has 2 N–H and O–H groups in total. The molecule has 0 unspecified atom stereocenters. The molecule has 168 valence electrons. The number of allylic oxidation sites excluding steroid dienone is 1. The van der Waals surface area contributed by atoms with Crippen molar-refractivity contribution >= 4 is 17.8 Å². The molecule has 4 amide bonds. The van der Waals surface area contributed by atoms with Crippen LogP contribution in [0.25, 0.3) is 0 Å². The Kier molecular flexibility index (Phi) is 9.14. The summed E-state index contributed by atoms with van der Waals surface area (Å²) in [6, 6.07) is -0.415. The van der Waals surface area contributed by atoms with Crippen molar-refractivity contribution in [2.45, 2.75) is 51.4 Å². The normalized spacial score (nSPS) is 21.1. The molecule has 0 saturated carbocycles. The molecule has 0 radical (unpaired) electrons. The first-order chi connectivity index (χ1) is 14.6. The quantitative estimate of drug-likeness (QED) is 0.608. The first-order valence-electron chi connectivity index (χ1n) is 11.6. The van der Waals surface area contributed by atoms with Crippen LogP contribution in [0.4, 0.5) is 4.79 Å². The van der Waals surface area contributed by atoms with Gasteiger partial charge in [0.25, 0.3) is 0 Å². The molecule has 0 aromatic carbocycles. The van der Waals surface area contributed by atoms with Crippen LogP contribution in [-0.2, 0) is 9.59 Å². The van der Waals surface area contributed by atoms with Gasteiger partial charge in [-0.25, -0.2) is 4.79 Å². The number of nitrogens with zero attached hydrogens (tertiary/aromatic N) is 3. The molecule has 2 aliphatic heterocycles. The van der Waals surface area contributed by atoms with Crippen molar-refractivity contribution in [3.05, 3.63) is 11.6 Å². The summed E-state index contributed by atoms with van der Waals surface area (Å²) in [5.41, 5.74) is 1.41. The molecule has 3 aliphatic rings. The Hall–Kier alpha value is -1.93. The SMILES string of the molecule is O=C(CN1CCN(CC(=O)N2CCCCC2)CC1)NC(=O)NCCC1=CCCCC1. The lowest BCUT2D eigenvalue weighted by atomic mass is 9.97. The number of hydrogen-bond acceptors (Lipinski definition) is 5. The molecular formula is C22H37N5O3. The number of rotatable bonds is 7. The van der Waals surface area contributed by atoms with Crippen molar-refractivity contribution in [2.75, 3.05) is 58.9 Å². The van der Waals surface area contributed by atoms with Gasteiger partial charge in [0.05, 0.1) is 13.1 Å². The van der Waals surface area contributed by atoms with Crippen LogP contribution in [0.5, 0.6) is 0 Å². The van der Waals surface area contributed by atoms with E-state index in [9.17, 15) is 14.4 Å². The minimum atomic E-state index is -0.415. The first kappa shape index (κ1) is 22.7. The minimum absolute atomic E-state index is 0.215. The highest BCUT2D eigenvalue weighted by molar-refractivity contribution is 5.95. The summed E-state index contributed by atoms with van der Waals surface area (Å²) in [5, 5.41) is 5.20. The van der Waals surface area contributed by atoms with Crippen molar-refractivity contribution in [1.82, 2.24) is 25.3 Å². The second-order valence-electron chi connectivity index (χ2n) is 8.66. The number of hydrogen-bond donors (Lipinski definition) is 2. The smallest absolute Gasteiger partial charge is 0.321 e. The fourth-order valence-corrected chi connectivity index (χ4v) is 4.42. The van der Waals surface area contributed by atoms with Gasteiger partial charge in [-0.2, -0.15) is 0 Å². The largest absolute Gasteiger partial charge is 0.342 e. The zero-order valence-electron chi connectivity index (χ0n) is 18.2. The number of carbonyl (C=O) groups is 3. The molecule has 2 saturated heterocycles. The van der Waals surface area contributed by atoms with E-state index in [-0.39, 0.29) is 18.4 Å². The van der Waals surface area contributed by atoms with Crippen molar-refractivity contribution in [3.63, 3.8) is 0 Å². The summed E-state index contributed by atoms with van der Waals surface area (Å²) in [7, 11) is 0. The van der Waals surface area contributed by atoms with E-state index >= 15 is 0 Å². The number of nitrogens with one attached hydrogen (secondary N) is 2. The van der Waals surface area contributed by atoms with Gasteiger partial charge in [-0.1, -0.05) is 11.6 Å². The number of likely N-dealkylation sites (tertiary alicyclic amines) is 1. The molecule has 0 bridgehead atoms. The van der Waals surface area contributed by atoms with Crippen LogP contribution in [0.3, 0.4) is 0 Å². The average Bonchev–Trinajstić information content (AvgIpc) is 2.76. The highest BCUT2D eigenvalue weighted by atomic mass is 16.2. The molecule has 30 heavy (non-hydrogen) atoms. The van der Waals surface area contributed by atoms with Crippen LogP contribution in [0.15, 0.2) is 11.6 Å². The summed E-state index contributed by atoms with van der Waals surface area (Å²) in [6.45, 7) is 6.03. The van der Waals surface area contributed by atoms with Gasteiger partial charge in [0, 0.05) is 45.8 Å². The summed E-state index contributed by atoms with van der Waals surface area (Å²) >= 11 is 0. The number of imide groups is 1. The molecule has 0 spiro atoms. The van der Waals surface area contributed by atoms with E-state index in [0.717, 1.165) is 71.4 Å². The van der Waals surface area contributed by atoms with Crippen LogP contribution in [-0.4, -0.2) is 91.4 Å². The maximum Gasteiger partial charge on any atom is 0.321 e. The van der Waals surface area contributed by atoms with Gasteiger partial charge in [0.2, 0.25) is 11.8 Å². The lowest BCUT2D eigenvalue weighted by Crippen LogP contribution is -2.53. The van der Waals surface area contributed by atoms with E-state index in [1.54, 1.807) is 0 Å². The fourth-order valence-electron chi connectivity index (χ4n) is 4.42. The Morgan fingerprint density at radius 1 is 0.833 bits per heavy atom. The lowest BCUT2D eigenvalue weighted by molar-refractivity contribution is -0.134. The second-order valence-corrected chi connectivity index (χ2v) is 8.66. The van der Waals surface area contributed by atoms with Crippen LogP contribution in [0, 0.1) is 0 Å². The minimum Gasteiger partial charge on any atom is -0.342 e. The van der Waals surface area contributed by atoms with Gasteiger partial charge in [0.15, 0.2) is 0 Å². The zero-order valence-corrected chi connectivity index (χ0v) is 18.2. The predicted molar refractivity (Wildman–Crippen MR) is 116 cm³/mol. The molecule has 8 heteroatoms. The van der Waals surface area contributed by atoms with Gasteiger partial charge in [-0.15, -0.1) is 0 Å². The number of amides is 4. The van der Waals surface area contributed by atoms with Crippen LogP contribution in [0.2, 0.25) is 0 Å². The summed E-state index contributed by atoms with van der Waals surface area (Å²) in [4.78, 5) is 42.7. The van der Waals surface area contributed by atoms with Gasteiger partial charge >= 0.3 is 6.03 Å². The maximum absolute atomic E-state index is 12.4. The molecule has 8 nitrogen and oxygen atoms in total. The van der Waals surface area contributed by atoms with E-state index in [0.29, 0.717) is 13.1 Å². The molecule has 3 rings (SSSR count). The van der Waals surface area contributed by atoms with Crippen LogP contribution >= 0.6 is 0 Å². The number of piperidine rings is 1. The standard InChI is InChI=1S/C22H37N5O3/c28-20(24-22(30)23-10-9-19-7-3-1-4-8-19)17-25-13-15-26(16-14-25)18-21(29)27-11-5-2-6-12-27/h7H,1-6,8-18H2,(H2,23,24,28,30). The molecule has 2 fully saturated rings. The van der Waals surface area contributed by atoms with E-state index < -0.39 is 6.03 Å². The third-order valence-corrected chi connectivity index (χ3v) is 6.27. The van der Waals surface area contributed by atoms with Crippen molar-refractivity contribution in [2.24, 2.45) is 0 Å². The third-order valence-electron chi connectivity index (χ3n) is 6.27. The third kappa shape index (κ3) is 7.72. The highest BCUT2D eigenvalue weighted by Crippen LogP contribution is 2.19. The topological polar surface area (TPSA) is 85.0 Å². The van der Waals surface area contributed by atoms with Crippen molar-refractivity contribution in [1.29, 1.82) is 0 Å². The molecule has 0 aromatic heterocycles. The van der Waals surface area contributed by atoms with Crippen LogP contribution < -0.4 is 10.6 Å². The maximum atomic E-state index is 12.4. The zero-order chi connectivity index (χ0) is 21.2. The van der Waals surface area contributed by atoms with Crippen LogP contribution in [0.1, 0.15) is 51.4 Å². The Morgan fingerprint density at radius 3 is 2.20 bits per heavy atom. The fraction of sp³-hybridized carbons (Fsp3) is 0.773. The molecule has 2 heterocycles. The van der Waals surface area contributed by atoms with Gasteiger partial charge in [-0.3, -0.25) is 24.7 Å². The number of piperazine rings is 1. The average molecular weight is 420 g/mol. The van der Waals surface area contributed by atoms with E-state index in [4.69, 9.17) is 0 Å². The Morgan fingerprint density at radius 2 is 1.53 bits per heavy atom. The first-order valence-corrected chi connectivity index (χ1v) is 11.6. The highest BCUT2D eigenvalue weighted by Gasteiger charge is 2.24. The number of carbonyl (C=O) groups excluding carboxylic acids is 3. The van der Waals surface area contributed by atoms with E-state index in [1.807, 2.05) is 9.80 Å². The van der Waals surface area contributed by atoms with Gasteiger partial charge < -0.3 is 10.2 Å². The Labute approximate surface area is 180 Å². The molecule has 0 atom stereocenters. The van der Waals surface area contributed by atoms with Crippen molar-refractivity contribution < 1.29 is 14.4 Å². The lowest BCUT2D eigenvalue weighted by Gasteiger charge is -2.35. The van der Waals surface area contributed by atoms with Crippen molar-refractivity contribution in [3.8, 4) is 0 Å². The monoisotopic (exact) mass is 419 g/mol. The Balaban J connectivity index is 1.26. The van der Waals surface area contributed by atoms with Gasteiger partial charge in [-0.05, 0) is 51.4 Å². The van der Waals surface area contributed by atoms with E-state index in [2.05, 4.69) is 21.6 Å². The molecular weight excluding hydrogens is 382 g/mol. The second kappa shape index (κ2) is 12.1. The predicted octanol–water partition coefficient (Wildman–Crippen LogP) is 1.33. The van der Waals surface area contributed by atoms with Gasteiger partial charge in [0.1, 0.15) is 0 Å².